The molecule has 1 saturated heterocycles. The largest absolute Gasteiger partial charge is 0.461 e. The molecule has 1 aliphatic heterocycles. The molecule has 1 unspecified atom stereocenters. The second-order valence-corrected chi connectivity index (χ2v) is 9.77. The highest BCUT2D eigenvalue weighted by Gasteiger charge is 2.42. The number of alkyl halides is 1. The fourth-order valence-electron chi connectivity index (χ4n) is 4.55. The summed E-state index contributed by atoms with van der Waals surface area (Å²) in [5, 5.41) is 0. The summed E-state index contributed by atoms with van der Waals surface area (Å²) >= 11 is 5.78. The Bertz CT molecular complexity index is 592. The van der Waals surface area contributed by atoms with Crippen molar-refractivity contribution in [1.29, 1.82) is 0 Å². The molecule has 0 spiro atoms. The predicted molar refractivity (Wildman–Crippen MR) is 134 cm³/mol. The van der Waals surface area contributed by atoms with Gasteiger partial charge in [0.2, 0.25) is 0 Å². The summed E-state index contributed by atoms with van der Waals surface area (Å²) in [6, 6.07) is 10.4. The zero-order chi connectivity index (χ0) is 22.9. The first kappa shape index (κ1) is 27.2. The molecule has 0 saturated carbocycles. The molecule has 1 aromatic rings. The SMILES string of the molecule is CCCCCCCCCCCC(C[C@H]1OC(=O)[C@@H]1CCCCCCl)OCc1ccccc1. The maximum atomic E-state index is 12.0. The van der Waals surface area contributed by atoms with Crippen LogP contribution in [0.25, 0.3) is 0 Å². The third-order valence-electron chi connectivity index (χ3n) is 6.62. The van der Waals surface area contributed by atoms with E-state index in [9.17, 15) is 4.79 Å². The van der Waals surface area contributed by atoms with Crippen molar-refractivity contribution < 1.29 is 14.3 Å². The Balaban J connectivity index is 1.72. The van der Waals surface area contributed by atoms with Crippen molar-refractivity contribution in [3.8, 4) is 0 Å². The molecule has 0 radical (unpaired) electrons. The van der Waals surface area contributed by atoms with Crippen LogP contribution in [0.1, 0.15) is 109 Å². The smallest absolute Gasteiger partial charge is 0.313 e. The highest BCUT2D eigenvalue weighted by molar-refractivity contribution is 6.17. The van der Waals surface area contributed by atoms with E-state index < -0.39 is 0 Å². The van der Waals surface area contributed by atoms with Crippen LogP contribution in [0, 0.1) is 5.92 Å². The molecule has 1 aliphatic rings. The zero-order valence-corrected chi connectivity index (χ0v) is 21.0. The van der Waals surface area contributed by atoms with E-state index >= 15 is 0 Å². The van der Waals surface area contributed by atoms with Crippen LogP contribution in [-0.4, -0.2) is 24.1 Å². The van der Waals surface area contributed by atoms with Crippen molar-refractivity contribution in [2.24, 2.45) is 5.92 Å². The van der Waals surface area contributed by atoms with Gasteiger partial charge in [-0.25, -0.2) is 0 Å². The van der Waals surface area contributed by atoms with Crippen LogP contribution in [0.2, 0.25) is 0 Å². The lowest BCUT2D eigenvalue weighted by molar-refractivity contribution is -0.190. The number of cyclic esters (lactones) is 1. The molecule has 0 amide bonds. The number of carbonyl (C=O) groups is 1. The second-order valence-electron chi connectivity index (χ2n) is 9.39. The number of rotatable bonds is 20. The minimum Gasteiger partial charge on any atom is -0.461 e. The summed E-state index contributed by atoms with van der Waals surface area (Å²) in [5.74, 6) is 0.731. The van der Waals surface area contributed by atoms with Gasteiger partial charge in [-0.15, -0.1) is 11.6 Å². The van der Waals surface area contributed by atoms with Crippen molar-refractivity contribution >= 4 is 17.6 Å². The highest BCUT2D eigenvalue weighted by atomic mass is 35.5. The van der Waals surface area contributed by atoms with E-state index in [2.05, 4.69) is 31.2 Å². The van der Waals surface area contributed by atoms with Crippen LogP contribution >= 0.6 is 11.6 Å². The molecule has 1 fully saturated rings. The molecule has 1 heterocycles. The van der Waals surface area contributed by atoms with Gasteiger partial charge in [-0.1, -0.05) is 108 Å². The molecule has 2 rings (SSSR count). The van der Waals surface area contributed by atoms with Crippen molar-refractivity contribution in [1.82, 2.24) is 0 Å². The van der Waals surface area contributed by atoms with Crippen LogP contribution < -0.4 is 0 Å². The molecule has 0 aliphatic carbocycles. The number of ether oxygens (including phenoxy) is 2. The van der Waals surface area contributed by atoms with E-state index in [1.54, 1.807) is 0 Å². The lowest BCUT2D eigenvalue weighted by atomic mass is 9.86. The Kier molecular flexibility index (Phi) is 14.8. The highest BCUT2D eigenvalue weighted by Crippen LogP contribution is 2.32. The minimum absolute atomic E-state index is 0.0224. The quantitative estimate of drug-likeness (QED) is 0.111. The van der Waals surface area contributed by atoms with Gasteiger partial charge in [0.1, 0.15) is 6.10 Å². The molecular formula is C28H45ClO3. The van der Waals surface area contributed by atoms with Crippen LogP contribution in [0.3, 0.4) is 0 Å². The third-order valence-corrected chi connectivity index (χ3v) is 6.89. The first-order chi connectivity index (χ1) is 15.7. The van der Waals surface area contributed by atoms with Gasteiger partial charge in [0.25, 0.3) is 0 Å². The number of carbonyl (C=O) groups excluding carboxylic acids is 1. The molecule has 3 nitrogen and oxygen atoms in total. The molecule has 0 bridgehead atoms. The van der Waals surface area contributed by atoms with Crippen LogP contribution in [0.15, 0.2) is 30.3 Å². The van der Waals surface area contributed by atoms with E-state index in [1.165, 1.54) is 63.4 Å². The first-order valence-corrected chi connectivity index (χ1v) is 13.7. The summed E-state index contributed by atoms with van der Waals surface area (Å²) < 4.78 is 11.9. The van der Waals surface area contributed by atoms with Crippen molar-refractivity contribution in [2.75, 3.05) is 5.88 Å². The molecule has 182 valence electrons. The Morgan fingerprint density at radius 2 is 1.56 bits per heavy atom. The normalized spacial score (nSPS) is 18.9. The van der Waals surface area contributed by atoms with E-state index in [1.807, 2.05) is 6.07 Å². The second kappa shape index (κ2) is 17.4. The van der Waals surface area contributed by atoms with Crippen LogP contribution in [-0.2, 0) is 20.9 Å². The maximum absolute atomic E-state index is 12.0. The van der Waals surface area contributed by atoms with Gasteiger partial charge < -0.3 is 9.47 Å². The maximum Gasteiger partial charge on any atom is 0.313 e. The molecule has 0 aromatic heterocycles. The number of halogens is 1. The molecule has 0 N–H and O–H groups in total. The van der Waals surface area contributed by atoms with Crippen LogP contribution in [0.5, 0.6) is 0 Å². The van der Waals surface area contributed by atoms with Gasteiger partial charge in [-0.2, -0.15) is 0 Å². The standard InChI is InChI=1S/C28H45ClO3/c1-2-3-4-5-6-7-8-9-14-19-25(31-23-24-17-12-10-13-18-24)22-27-26(28(30)32-27)20-15-11-16-21-29/h10,12-13,17-18,25-27H,2-9,11,14-16,19-23H2,1H3/t25?,26-,27-/m1/s1. The summed E-state index contributed by atoms with van der Waals surface area (Å²) in [4.78, 5) is 12.0. The molecular weight excluding hydrogens is 420 g/mol. The molecule has 32 heavy (non-hydrogen) atoms. The predicted octanol–water partition coefficient (Wildman–Crippen LogP) is 8.22. The Hall–Kier alpha value is -1.06. The number of benzene rings is 1. The van der Waals surface area contributed by atoms with Gasteiger partial charge >= 0.3 is 5.97 Å². The van der Waals surface area contributed by atoms with E-state index in [4.69, 9.17) is 21.1 Å². The third kappa shape index (κ3) is 11.2. The Labute approximate surface area is 201 Å². The summed E-state index contributed by atoms with van der Waals surface area (Å²) in [5.41, 5.74) is 1.20. The van der Waals surface area contributed by atoms with Crippen molar-refractivity contribution in [2.45, 2.75) is 122 Å². The number of hydrogen-bond acceptors (Lipinski definition) is 3. The van der Waals surface area contributed by atoms with Gasteiger partial charge in [-0.05, 0) is 24.8 Å². The summed E-state index contributed by atoms with van der Waals surface area (Å²) in [6.45, 7) is 2.90. The van der Waals surface area contributed by atoms with E-state index in [0.29, 0.717) is 12.5 Å². The minimum atomic E-state index is -0.0224. The monoisotopic (exact) mass is 464 g/mol. The lowest BCUT2D eigenvalue weighted by Crippen LogP contribution is -2.47. The summed E-state index contributed by atoms with van der Waals surface area (Å²) in [7, 11) is 0. The average molecular weight is 465 g/mol. The fraction of sp³-hybridized carbons (Fsp3) is 0.750. The Morgan fingerprint density at radius 1 is 0.906 bits per heavy atom. The number of unbranched alkanes of at least 4 members (excludes halogenated alkanes) is 10. The van der Waals surface area contributed by atoms with Crippen molar-refractivity contribution in [3.63, 3.8) is 0 Å². The first-order valence-electron chi connectivity index (χ1n) is 13.2. The Morgan fingerprint density at radius 3 is 2.22 bits per heavy atom. The zero-order valence-electron chi connectivity index (χ0n) is 20.2. The van der Waals surface area contributed by atoms with E-state index in [-0.39, 0.29) is 24.1 Å². The van der Waals surface area contributed by atoms with Crippen molar-refractivity contribution in [3.05, 3.63) is 35.9 Å². The number of hydrogen-bond donors (Lipinski definition) is 0. The van der Waals surface area contributed by atoms with Gasteiger partial charge in [-0.3, -0.25) is 4.79 Å². The average Bonchev–Trinajstić information content (AvgIpc) is 2.81. The molecule has 3 atom stereocenters. The van der Waals surface area contributed by atoms with Gasteiger partial charge in [0, 0.05) is 12.3 Å². The van der Waals surface area contributed by atoms with Gasteiger partial charge in [0.15, 0.2) is 0 Å². The molecule has 4 heteroatoms. The summed E-state index contributed by atoms with van der Waals surface area (Å²) in [6.07, 6.45) is 18.1. The fourth-order valence-corrected chi connectivity index (χ4v) is 4.74. The lowest BCUT2D eigenvalue weighted by Gasteiger charge is -2.37. The van der Waals surface area contributed by atoms with Gasteiger partial charge in [0.05, 0.1) is 18.6 Å². The molecule has 1 aromatic carbocycles. The topological polar surface area (TPSA) is 35.5 Å². The number of esters is 1. The van der Waals surface area contributed by atoms with Crippen LogP contribution in [0.4, 0.5) is 0 Å². The van der Waals surface area contributed by atoms with E-state index in [0.717, 1.165) is 38.5 Å².